The molecular weight excluding hydrogens is 282 g/mol. The van der Waals surface area contributed by atoms with Gasteiger partial charge >= 0.3 is 0 Å². The van der Waals surface area contributed by atoms with E-state index in [1.165, 1.54) is 12.8 Å². The molecule has 0 saturated carbocycles. The largest absolute Gasteiger partial charge is 0.361 e. The Bertz CT molecular complexity index is 548. The summed E-state index contributed by atoms with van der Waals surface area (Å²) in [5.41, 5.74) is 1.16. The van der Waals surface area contributed by atoms with E-state index in [1.807, 2.05) is 4.90 Å². The molecule has 0 aliphatic carbocycles. The van der Waals surface area contributed by atoms with Crippen molar-refractivity contribution in [3.05, 3.63) is 17.0 Å². The van der Waals surface area contributed by atoms with E-state index in [2.05, 4.69) is 5.16 Å². The second-order valence-corrected chi connectivity index (χ2v) is 6.35. The third-order valence-electron chi connectivity index (χ3n) is 4.68. The molecule has 0 aromatic carbocycles. The summed E-state index contributed by atoms with van der Waals surface area (Å²) < 4.78 is 5.05. The number of likely N-dealkylation sites (tertiary alicyclic amines) is 2. The standard InChI is InChI=1S/C16H23N3O3/c1-11-14(12(2)22-17-11)16(21)19-9-13(10-19)15(20)18-7-5-3-4-6-8-18/h13H,3-10H2,1-2H3. The minimum atomic E-state index is -0.0730. The van der Waals surface area contributed by atoms with E-state index in [0.29, 0.717) is 30.1 Å². The van der Waals surface area contributed by atoms with E-state index < -0.39 is 0 Å². The lowest BCUT2D eigenvalue weighted by molar-refractivity contribution is -0.139. The zero-order valence-corrected chi connectivity index (χ0v) is 13.3. The number of aryl methyl sites for hydroxylation is 2. The first-order valence-corrected chi connectivity index (χ1v) is 8.09. The molecule has 1 aromatic rings. The Hall–Kier alpha value is -1.85. The van der Waals surface area contributed by atoms with Crippen LogP contribution in [0.25, 0.3) is 0 Å². The summed E-state index contributed by atoms with van der Waals surface area (Å²) >= 11 is 0. The zero-order valence-electron chi connectivity index (χ0n) is 13.3. The molecule has 120 valence electrons. The molecule has 3 heterocycles. The molecule has 6 nitrogen and oxygen atoms in total. The number of rotatable bonds is 2. The summed E-state index contributed by atoms with van der Waals surface area (Å²) in [7, 11) is 0. The third-order valence-corrected chi connectivity index (χ3v) is 4.68. The maximum absolute atomic E-state index is 12.5. The summed E-state index contributed by atoms with van der Waals surface area (Å²) in [5.74, 6) is 0.646. The minimum Gasteiger partial charge on any atom is -0.361 e. The number of carbonyl (C=O) groups excluding carboxylic acids is 2. The fourth-order valence-corrected chi connectivity index (χ4v) is 3.30. The Morgan fingerprint density at radius 2 is 1.68 bits per heavy atom. The number of hydrogen-bond acceptors (Lipinski definition) is 4. The fraction of sp³-hybridized carbons (Fsp3) is 0.688. The van der Waals surface area contributed by atoms with Crippen LogP contribution in [0.2, 0.25) is 0 Å². The highest BCUT2D eigenvalue weighted by molar-refractivity contribution is 5.97. The minimum absolute atomic E-state index is 0.0393. The van der Waals surface area contributed by atoms with Crippen molar-refractivity contribution in [2.75, 3.05) is 26.2 Å². The first-order valence-electron chi connectivity index (χ1n) is 8.09. The molecule has 0 unspecified atom stereocenters. The maximum Gasteiger partial charge on any atom is 0.259 e. The molecule has 2 aliphatic heterocycles. The van der Waals surface area contributed by atoms with Crippen LogP contribution in [0, 0.1) is 19.8 Å². The van der Waals surface area contributed by atoms with Crippen molar-refractivity contribution in [3.8, 4) is 0 Å². The number of amides is 2. The highest BCUT2D eigenvalue weighted by Gasteiger charge is 2.39. The van der Waals surface area contributed by atoms with Crippen LogP contribution in [-0.2, 0) is 4.79 Å². The molecule has 0 N–H and O–H groups in total. The Morgan fingerprint density at radius 1 is 1.05 bits per heavy atom. The summed E-state index contributed by atoms with van der Waals surface area (Å²) in [4.78, 5) is 28.6. The molecule has 0 atom stereocenters. The third kappa shape index (κ3) is 2.74. The van der Waals surface area contributed by atoms with Crippen molar-refractivity contribution < 1.29 is 14.1 Å². The van der Waals surface area contributed by atoms with Crippen molar-refractivity contribution in [1.82, 2.24) is 15.0 Å². The summed E-state index contributed by atoms with van der Waals surface area (Å²) in [6, 6.07) is 0. The summed E-state index contributed by atoms with van der Waals surface area (Å²) in [6.45, 7) is 6.27. The predicted octanol–water partition coefficient (Wildman–Crippen LogP) is 1.77. The number of carbonyl (C=O) groups is 2. The molecule has 0 spiro atoms. The van der Waals surface area contributed by atoms with Crippen molar-refractivity contribution in [1.29, 1.82) is 0 Å². The first kappa shape index (κ1) is 15.1. The van der Waals surface area contributed by atoms with Gasteiger partial charge in [-0.1, -0.05) is 18.0 Å². The SMILES string of the molecule is Cc1noc(C)c1C(=O)N1CC(C(=O)N2CCCCCC2)C1. The van der Waals surface area contributed by atoms with E-state index in [4.69, 9.17) is 4.52 Å². The second kappa shape index (κ2) is 6.10. The maximum atomic E-state index is 12.5. The van der Waals surface area contributed by atoms with Crippen molar-refractivity contribution in [2.45, 2.75) is 39.5 Å². The molecule has 2 fully saturated rings. The number of nitrogens with zero attached hydrogens (tertiary/aromatic N) is 3. The smallest absolute Gasteiger partial charge is 0.259 e. The monoisotopic (exact) mass is 305 g/mol. The lowest BCUT2D eigenvalue weighted by Crippen LogP contribution is -2.56. The molecule has 0 radical (unpaired) electrons. The molecule has 2 saturated heterocycles. The lowest BCUT2D eigenvalue weighted by atomic mass is 9.96. The van der Waals surface area contributed by atoms with E-state index in [1.54, 1.807) is 18.7 Å². The van der Waals surface area contributed by atoms with E-state index in [9.17, 15) is 9.59 Å². The van der Waals surface area contributed by atoms with Crippen molar-refractivity contribution >= 4 is 11.8 Å². The molecular formula is C16H23N3O3. The van der Waals surface area contributed by atoms with Gasteiger partial charge in [0.1, 0.15) is 11.3 Å². The average molecular weight is 305 g/mol. The van der Waals surface area contributed by atoms with Gasteiger partial charge in [-0.3, -0.25) is 9.59 Å². The van der Waals surface area contributed by atoms with Gasteiger partial charge in [-0.05, 0) is 26.7 Å². The van der Waals surface area contributed by atoms with Crippen LogP contribution < -0.4 is 0 Å². The van der Waals surface area contributed by atoms with Gasteiger partial charge in [0.05, 0.1) is 11.6 Å². The van der Waals surface area contributed by atoms with Gasteiger partial charge in [0.15, 0.2) is 0 Å². The Morgan fingerprint density at radius 3 is 2.23 bits per heavy atom. The van der Waals surface area contributed by atoms with Crippen molar-refractivity contribution in [2.24, 2.45) is 5.92 Å². The number of hydrogen-bond donors (Lipinski definition) is 0. The molecule has 6 heteroatoms. The van der Waals surface area contributed by atoms with Crippen LogP contribution in [0.1, 0.15) is 47.5 Å². The van der Waals surface area contributed by atoms with E-state index >= 15 is 0 Å². The molecule has 2 aliphatic rings. The molecule has 2 amide bonds. The van der Waals surface area contributed by atoms with E-state index in [0.717, 1.165) is 25.9 Å². The van der Waals surface area contributed by atoms with Gasteiger partial charge in [0, 0.05) is 26.2 Å². The first-order chi connectivity index (χ1) is 10.6. The van der Waals surface area contributed by atoms with Gasteiger partial charge in [-0.2, -0.15) is 0 Å². The van der Waals surface area contributed by atoms with Crippen LogP contribution in [0.15, 0.2) is 4.52 Å². The molecule has 22 heavy (non-hydrogen) atoms. The van der Waals surface area contributed by atoms with Crippen LogP contribution in [0.5, 0.6) is 0 Å². The highest BCUT2D eigenvalue weighted by Crippen LogP contribution is 2.24. The van der Waals surface area contributed by atoms with Crippen LogP contribution >= 0.6 is 0 Å². The normalized spacial score (nSPS) is 19.7. The number of aromatic nitrogens is 1. The van der Waals surface area contributed by atoms with Gasteiger partial charge in [0.25, 0.3) is 5.91 Å². The predicted molar refractivity (Wildman–Crippen MR) is 80.4 cm³/mol. The molecule has 3 rings (SSSR count). The average Bonchev–Trinajstić information content (AvgIpc) is 2.67. The van der Waals surface area contributed by atoms with Crippen molar-refractivity contribution in [3.63, 3.8) is 0 Å². The lowest BCUT2D eigenvalue weighted by Gasteiger charge is -2.40. The molecule has 1 aromatic heterocycles. The van der Waals surface area contributed by atoms with Gasteiger partial charge < -0.3 is 14.3 Å². The van der Waals surface area contributed by atoms with Gasteiger partial charge in [-0.25, -0.2) is 0 Å². The Balaban J connectivity index is 1.57. The summed E-state index contributed by atoms with van der Waals surface area (Å²) in [6.07, 6.45) is 4.62. The Labute approximate surface area is 130 Å². The quantitative estimate of drug-likeness (QED) is 0.835. The van der Waals surface area contributed by atoms with Gasteiger partial charge in [-0.15, -0.1) is 0 Å². The second-order valence-electron chi connectivity index (χ2n) is 6.35. The summed E-state index contributed by atoms with van der Waals surface area (Å²) in [5, 5.41) is 3.82. The molecule has 0 bridgehead atoms. The topological polar surface area (TPSA) is 66.7 Å². The van der Waals surface area contributed by atoms with Crippen LogP contribution in [-0.4, -0.2) is 52.9 Å². The fourth-order valence-electron chi connectivity index (χ4n) is 3.30. The van der Waals surface area contributed by atoms with Gasteiger partial charge in [0.2, 0.25) is 5.91 Å². The van der Waals surface area contributed by atoms with E-state index in [-0.39, 0.29) is 17.7 Å². The highest BCUT2D eigenvalue weighted by atomic mass is 16.5. The van der Waals surface area contributed by atoms with Crippen LogP contribution in [0.3, 0.4) is 0 Å². The Kier molecular flexibility index (Phi) is 4.18. The zero-order chi connectivity index (χ0) is 15.7. The van der Waals surface area contributed by atoms with Crippen LogP contribution in [0.4, 0.5) is 0 Å².